The third kappa shape index (κ3) is 7.43. The van der Waals surface area contributed by atoms with Crippen LogP contribution in [-0.2, 0) is 0 Å². The quantitative estimate of drug-likeness (QED) is 0.386. The van der Waals surface area contributed by atoms with E-state index < -0.39 is 5.75 Å². The van der Waals surface area contributed by atoms with Crippen LogP contribution in [0.5, 0.6) is 17.2 Å². The smallest absolute Gasteiger partial charge is 0.204 e. The summed E-state index contributed by atoms with van der Waals surface area (Å²) in [5.74, 6) is -1.11. The molecule has 0 bridgehead atoms. The molecule has 0 aromatic heterocycles. The van der Waals surface area contributed by atoms with Gasteiger partial charge in [0.15, 0.2) is 24.1 Å². The van der Waals surface area contributed by atoms with Crippen LogP contribution >= 0.6 is 0 Å². The van der Waals surface area contributed by atoms with Crippen LogP contribution in [0.15, 0.2) is 41.0 Å². The minimum atomic E-state index is -0.530. The number of ether oxygens (including phenoxy) is 1. The van der Waals surface area contributed by atoms with Gasteiger partial charge in [0.05, 0.1) is 5.56 Å². The summed E-state index contributed by atoms with van der Waals surface area (Å²) in [5.41, 5.74) is 3.54. The van der Waals surface area contributed by atoms with Crippen molar-refractivity contribution in [3.8, 4) is 17.2 Å². The Bertz CT molecular complexity index is 781. The van der Waals surface area contributed by atoms with Crippen molar-refractivity contribution in [2.24, 2.45) is 0 Å². The van der Waals surface area contributed by atoms with Gasteiger partial charge in [0.25, 0.3) is 0 Å². The van der Waals surface area contributed by atoms with Crippen LogP contribution in [0.2, 0.25) is 0 Å². The predicted molar refractivity (Wildman–Crippen MR) is 111 cm³/mol. The van der Waals surface area contributed by atoms with Crippen LogP contribution in [0.25, 0.3) is 0 Å². The van der Waals surface area contributed by atoms with Gasteiger partial charge in [-0.1, -0.05) is 28.9 Å². The summed E-state index contributed by atoms with van der Waals surface area (Å²) in [6.07, 6.45) is 11.0. The highest BCUT2D eigenvalue weighted by Gasteiger charge is 2.17. The SMILES string of the molecule is CC(C)=CCC/C(C)=C/CC/C(C)=C/COc1c(O)cc(C=O)c(C=O)c1O. The first-order valence-corrected chi connectivity index (χ1v) is 9.36. The second kappa shape index (κ2) is 11.8. The third-order valence-corrected chi connectivity index (χ3v) is 4.33. The van der Waals surface area contributed by atoms with Gasteiger partial charge in [-0.25, -0.2) is 0 Å². The molecule has 0 radical (unpaired) electrons. The van der Waals surface area contributed by atoms with E-state index in [1.165, 1.54) is 11.1 Å². The van der Waals surface area contributed by atoms with E-state index in [-0.39, 0.29) is 29.2 Å². The molecule has 0 spiro atoms. The molecule has 0 unspecified atom stereocenters. The van der Waals surface area contributed by atoms with Gasteiger partial charge in [0.2, 0.25) is 5.75 Å². The van der Waals surface area contributed by atoms with Gasteiger partial charge in [-0.2, -0.15) is 0 Å². The van der Waals surface area contributed by atoms with Crippen molar-refractivity contribution < 1.29 is 24.5 Å². The number of aromatic hydroxyl groups is 2. The molecule has 5 nitrogen and oxygen atoms in total. The number of aldehydes is 2. The highest BCUT2D eigenvalue weighted by atomic mass is 16.5. The molecule has 2 N–H and O–H groups in total. The Hall–Kier alpha value is -2.82. The molecule has 1 rings (SSSR count). The van der Waals surface area contributed by atoms with Gasteiger partial charge in [-0.15, -0.1) is 0 Å². The maximum absolute atomic E-state index is 11.0. The number of carbonyl (C=O) groups is 2. The number of benzene rings is 1. The standard InChI is InChI=1S/C23H30O5/c1-16(2)7-5-8-17(3)9-6-10-18(4)11-12-28-23-21(26)13-19(14-24)20(15-25)22(23)27/h7,9,11,13-15,26-27H,5-6,8,10,12H2,1-4H3/b17-9+,18-11+. The summed E-state index contributed by atoms with van der Waals surface area (Å²) in [4.78, 5) is 22.0. The Morgan fingerprint density at radius 3 is 2.11 bits per heavy atom. The molecule has 0 aliphatic rings. The summed E-state index contributed by atoms with van der Waals surface area (Å²) >= 11 is 0. The van der Waals surface area contributed by atoms with Gasteiger partial charge in [-0.3, -0.25) is 9.59 Å². The monoisotopic (exact) mass is 386 g/mol. The van der Waals surface area contributed by atoms with Crippen LogP contribution in [-0.4, -0.2) is 29.4 Å². The van der Waals surface area contributed by atoms with Gasteiger partial charge in [0, 0.05) is 5.56 Å². The first-order valence-electron chi connectivity index (χ1n) is 9.36. The predicted octanol–water partition coefficient (Wildman–Crippen LogP) is 5.52. The van der Waals surface area contributed by atoms with Gasteiger partial charge < -0.3 is 14.9 Å². The van der Waals surface area contributed by atoms with Crippen molar-refractivity contribution >= 4 is 12.6 Å². The van der Waals surface area contributed by atoms with Crippen molar-refractivity contribution in [2.45, 2.75) is 53.4 Å². The molecule has 0 amide bonds. The van der Waals surface area contributed by atoms with Gasteiger partial charge in [-0.05, 0) is 65.5 Å². The minimum Gasteiger partial charge on any atom is -0.504 e. The molecule has 28 heavy (non-hydrogen) atoms. The van der Waals surface area contributed by atoms with Crippen LogP contribution < -0.4 is 4.74 Å². The number of rotatable bonds is 11. The lowest BCUT2D eigenvalue weighted by atomic mass is 10.1. The number of carbonyl (C=O) groups excluding carboxylic acids is 2. The highest BCUT2D eigenvalue weighted by molar-refractivity contribution is 5.95. The Labute approximate surface area is 167 Å². The molecule has 0 heterocycles. The second-order valence-corrected chi connectivity index (χ2v) is 7.08. The molecule has 0 aliphatic heterocycles. The zero-order valence-corrected chi connectivity index (χ0v) is 17.1. The molecule has 0 saturated carbocycles. The first kappa shape index (κ1) is 23.2. The lowest BCUT2D eigenvalue weighted by molar-refractivity contribution is 0.109. The summed E-state index contributed by atoms with van der Waals surface area (Å²) in [6.45, 7) is 8.47. The molecule has 0 fully saturated rings. The molecule has 0 aliphatic carbocycles. The molecule has 1 aromatic carbocycles. The highest BCUT2D eigenvalue weighted by Crippen LogP contribution is 2.39. The van der Waals surface area contributed by atoms with Crippen LogP contribution in [0.3, 0.4) is 0 Å². The van der Waals surface area contributed by atoms with Crippen molar-refractivity contribution in [3.05, 3.63) is 52.1 Å². The van der Waals surface area contributed by atoms with Crippen LogP contribution in [0.1, 0.15) is 74.1 Å². The summed E-state index contributed by atoms with van der Waals surface area (Å²) in [6, 6.07) is 1.10. The number of phenolic OH excluding ortho intramolecular Hbond substituents is 2. The fourth-order valence-electron chi connectivity index (χ4n) is 2.64. The molecular weight excluding hydrogens is 356 g/mol. The fourth-order valence-corrected chi connectivity index (χ4v) is 2.64. The van der Waals surface area contributed by atoms with Crippen molar-refractivity contribution in [3.63, 3.8) is 0 Å². The molecule has 1 aromatic rings. The van der Waals surface area contributed by atoms with Crippen LogP contribution in [0, 0.1) is 0 Å². The van der Waals surface area contributed by atoms with E-state index in [4.69, 9.17) is 4.74 Å². The maximum Gasteiger partial charge on any atom is 0.204 e. The van der Waals surface area contributed by atoms with E-state index in [9.17, 15) is 19.8 Å². The average Bonchev–Trinajstić information content (AvgIpc) is 2.63. The van der Waals surface area contributed by atoms with E-state index >= 15 is 0 Å². The molecule has 152 valence electrons. The van der Waals surface area contributed by atoms with E-state index in [0.717, 1.165) is 37.3 Å². The molecule has 0 atom stereocenters. The molecule has 0 saturated heterocycles. The molecule has 5 heteroatoms. The van der Waals surface area contributed by atoms with Crippen molar-refractivity contribution in [2.75, 3.05) is 6.61 Å². The maximum atomic E-state index is 11.0. The zero-order valence-electron chi connectivity index (χ0n) is 17.1. The largest absolute Gasteiger partial charge is 0.504 e. The van der Waals surface area contributed by atoms with Gasteiger partial charge >= 0.3 is 0 Å². The topological polar surface area (TPSA) is 83.8 Å². The van der Waals surface area contributed by atoms with E-state index in [1.54, 1.807) is 0 Å². The average molecular weight is 386 g/mol. The third-order valence-electron chi connectivity index (χ3n) is 4.33. The number of allylic oxidation sites excluding steroid dienone is 5. The lowest BCUT2D eigenvalue weighted by Crippen LogP contribution is -2.00. The van der Waals surface area contributed by atoms with E-state index in [0.29, 0.717) is 12.6 Å². The van der Waals surface area contributed by atoms with Gasteiger partial charge in [0.1, 0.15) is 6.61 Å². The van der Waals surface area contributed by atoms with E-state index in [2.05, 4.69) is 32.9 Å². The van der Waals surface area contributed by atoms with Crippen molar-refractivity contribution in [1.29, 1.82) is 0 Å². The number of hydrogen-bond donors (Lipinski definition) is 2. The molecular formula is C23H30O5. The normalized spacial score (nSPS) is 11.9. The summed E-state index contributed by atoms with van der Waals surface area (Å²) in [5, 5.41) is 20.0. The Balaban J connectivity index is 2.60. The van der Waals surface area contributed by atoms with Crippen LogP contribution in [0.4, 0.5) is 0 Å². The van der Waals surface area contributed by atoms with Crippen molar-refractivity contribution in [1.82, 2.24) is 0 Å². The summed E-state index contributed by atoms with van der Waals surface area (Å²) < 4.78 is 5.41. The Kier molecular flexibility index (Phi) is 9.79. The fraction of sp³-hybridized carbons (Fsp3) is 0.391. The van der Waals surface area contributed by atoms with E-state index in [1.807, 2.05) is 13.0 Å². The number of phenols is 2. The second-order valence-electron chi connectivity index (χ2n) is 7.08. The Morgan fingerprint density at radius 1 is 0.929 bits per heavy atom. The summed E-state index contributed by atoms with van der Waals surface area (Å²) in [7, 11) is 0. The lowest BCUT2D eigenvalue weighted by Gasteiger charge is -2.11. The Morgan fingerprint density at radius 2 is 1.54 bits per heavy atom. The first-order chi connectivity index (χ1) is 13.3. The zero-order chi connectivity index (χ0) is 21.1. The number of hydrogen-bond acceptors (Lipinski definition) is 5. The minimum absolute atomic E-state index is 0.0872.